The molecule has 1 rings (SSSR count). The van der Waals surface area contributed by atoms with Gasteiger partial charge in [-0.3, -0.25) is 0 Å². The number of rotatable bonds is 3. The Hall–Kier alpha value is -0.840. The first-order valence-corrected chi connectivity index (χ1v) is 6.74. The summed E-state index contributed by atoms with van der Waals surface area (Å²) in [5.41, 5.74) is 0. The van der Waals surface area contributed by atoms with Gasteiger partial charge >= 0.3 is 5.97 Å². The number of hydrogen-bond donors (Lipinski definition) is 0. The van der Waals surface area contributed by atoms with Crippen LogP contribution < -0.4 is 0 Å². The van der Waals surface area contributed by atoms with E-state index < -0.39 is 15.8 Å². The summed E-state index contributed by atoms with van der Waals surface area (Å²) in [6, 6.07) is 0. The van der Waals surface area contributed by atoms with Crippen LogP contribution in [0.5, 0.6) is 0 Å². The van der Waals surface area contributed by atoms with Crippen LogP contribution in [-0.4, -0.2) is 32.5 Å². The maximum atomic E-state index is 11.6. The number of allylic oxidation sites excluding steroid dienone is 1. The molecular weight excluding hydrogens is 216 g/mol. The molecule has 5 heteroatoms. The van der Waals surface area contributed by atoms with Gasteiger partial charge in [0.1, 0.15) is 0 Å². The Labute approximate surface area is 90.2 Å². The van der Waals surface area contributed by atoms with Crippen molar-refractivity contribution in [2.45, 2.75) is 30.9 Å². The first-order chi connectivity index (χ1) is 7.06. The summed E-state index contributed by atoms with van der Waals surface area (Å²) < 4.78 is 27.6. The highest BCUT2D eigenvalue weighted by Gasteiger charge is 2.27. The number of hydrogen-bond acceptors (Lipinski definition) is 4. The molecule has 1 atom stereocenters. The molecule has 0 radical (unpaired) electrons. The monoisotopic (exact) mass is 232 g/mol. The van der Waals surface area contributed by atoms with Crippen LogP contribution >= 0.6 is 0 Å². The van der Waals surface area contributed by atoms with Crippen LogP contribution in [0, 0.1) is 0 Å². The van der Waals surface area contributed by atoms with Crippen molar-refractivity contribution in [3.05, 3.63) is 12.2 Å². The number of carbonyl (C=O) groups excluding carboxylic acids is 1. The van der Waals surface area contributed by atoms with E-state index in [2.05, 4.69) is 4.74 Å². The maximum absolute atomic E-state index is 11.6. The molecule has 0 aromatic rings. The van der Waals surface area contributed by atoms with Gasteiger partial charge in [0.05, 0.1) is 18.1 Å². The molecule has 0 bridgehead atoms. The fourth-order valence-corrected chi connectivity index (χ4v) is 3.54. The van der Waals surface area contributed by atoms with Gasteiger partial charge in [-0.2, -0.15) is 0 Å². The zero-order chi connectivity index (χ0) is 11.3. The maximum Gasteiger partial charge on any atom is 0.330 e. The van der Waals surface area contributed by atoms with Crippen molar-refractivity contribution in [1.29, 1.82) is 0 Å². The number of sulfone groups is 1. The predicted molar refractivity (Wildman–Crippen MR) is 57.2 cm³/mol. The van der Waals surface area contributed by atoms with Gasteiger partial charge < -0.3 is 4.74 Å². The van der Waals surface area contributed by atoms with Gasteiger partial charge in [-0.05, 0) is 19.3 Å². The van der Waals surface area contributed by atoms with E-state index in [-0.39, 0.29) is 11.0 Å². The van der Waals surface area contributed by atoms with Crippen molar-refractivity contribution >= 4 is 15.8 Å². The molecular formula is C10H16O4S. The van der Waals surface area contributed by atoms with Crippen LogP contribution in [0.2, 0.25) is 0 Å². The number of esters is 1. The van der Waals surface area contributed by atoms with Crippen LogP contribution in [0.25, 0.3) is 0 Å². The largest absolute Gasteiger partial charge is 0.466 e. The first kappa shape index (κ1) is 12.2. The van der Waals surface area contributed by atoms with Crippen LogP contribution in [0.3, 0.4) is 0 Å². The lowest BCUT2D eigenvalue weighted by Gasteiger charge is -2.20. The molecule has 0 aromatic carbocycles. The summed E-state index contributed by atoms with van der Waals surface area (Å²) in [7, 11) is -1.64. The minimum absolute atomic E-state index is 0.281. The molecule has 1 unspecified atom stereocenters. The Morgan fingerprint density at radius 1 is 1.47 bits per heavy atom. The summed E-state index contributed by atoms with van der Waals surface area (Å²) >= 11 is 0. The molecule has 4 nitrogen and oxygen atoms in total. The quantitative estimate of drug-likeness (QED) is 0.539. The molecule has 1 aliphatic rings. The van der Waals surface area contributed by atoms with E-state index in [0.29, 0.717) is 12.8 Å². The molecule has 0 aliphatic carbocycles. The number of carbonyl (C=O) groups is 1. The highest BCUT2D eigenvalue weighted by Crippen LogP contribution is 2.22. The van der Waals surface area contributed by atoms with Gasteiger partial charge in [-0.25, -0.2) is 13.2 Å². The molecule has 0 N–H and O–H groups in total. The molecule has 86 valence electrons. The summed E-state index contributed by atoms with van der Waals surface area (Å²) in [4.78, 5) is 10.8. The standard InChI is InChI=1S/C10H16O4S/c1-14-10(11)7-4-6-9-5-2-3-8-15(9,12)13/h4,7,9H,2-3,5-6,8H2,1H3/b7-4-. The fourth-order valence-electron chi connectivity index (χ4n) is 1.67. The third kappa shape index (κ3) is 3.66. The van der Waals surface area contributed by atoms with Gasteiger partial charge in [0.15, 0.2) is 9.84 Å². The molecule has 1 fully saturated rings. The normalized spacial score (nSPS) is 25.3. The second-order valence-electron chi connectivity index (χ2n) is 3.65. The zero-order valence-electron chi connectivity index (χ0n) is 8.81. The minimum Gasteiger partial charge on any atom is -0.466 e. The predicted octanol–water partition coefficient (Wildman–Crippen LogP) is 1.07. The minimum atomic E-state index is -2.93. The third-order valence-electron chi connectivity index (χ3n) is 2.57. The van der Waals surface area contributed by atoms with Crippen molar-refractivity contribution in [2.75, 3.05) is 12.9 Å². The van der Waals surface area contributed by atoms with Crippen molar-refractivity contribution in [1.82, 2.24) is 0 Å². The Kier molecular flexibility index (Phi) is 4.32. The van der Waals surface area contributed by atoms with Crippen LogP contribution in [0.15, 0.2) is 12.2 Å². The number of ether oxygens (including phenoxy) is 1. The second kappa shape index (κ2) is 5.30. The van der Waals surface area contributed by atoms with Crippen molar-refractivity contribution < 1.29 is 17.9 Å². The lowest BCUT2D eigenvalue weighted by Crippen LogP contribution is -2.27. The van der Waals surface area contributed by atoms with E-state index in [1.165, 1.54) is 13.2 Å². The van der Waals surface area contributed by atoms with Crippen molar-refractivity contribution in [2.24, 2.45) is 0 Å². The van der Waals surface area contributed by atoms with Gasteiger partial charge in [0, 0.05) is 6.08 Å². The summed E-state index contributed by atoms with van der Waals surface area (Å²) in [5, 5.41) is -0.313. The molecule has 0 aromatic heterocycles. The van der Waals surface area contributed by atoms with E-state index in [4.69, 9.17) is 0 Å². The van der Waals surface area contributed by atoms with Crippen molar-refractivity contribution in [3.63, 3.8) is 0 Å². The molecule has 15 heavy (non-hydrogen) atoms. The van der Waals surface area contributed by atoms with Gasteiger partial charge in [-0.15, -0.1) is 0 Å². The molecule has 0 saturated carbocycles. The summed E-state index contributed by atoms with van der Waals surface area (Å²) in [5.74, 6) is -0.160. The fraction of sp³-hybridized carbons (Fsp3) is 0.700. The Morgan fingerprint density at radius 3 is 2.80 bits per heavy atom. The molecule has 0 spiro atoms. The van der Waals surface area contributed by atoms with Gasteiger partial charge in [-0.1, -0.05) is 12.5 Å². The highest BCUT2D eigenvalue weighted by molar-refractivity contribution is 7.92. The highest BCUT2D eigenvalue weighted by atomic mass is 32.2. The van der Waals surface area contributed by atoms with Crippen LogP contribution in [-0.2, 0) is 19.4 Å². The summed E-state index contributed by atoms with van der Waals surface area (Å²) in [6.45, 7) is 0. The molecule has 1 aliphatic heterocycles. The van der Waals surface area contributed by atoms with E-state index >= 15 is 0 Å². The van der Waals surface area contributed by atoms with E-state index in [0.717, 1.165) is 12.8 Å². The van der Waals surface area contributed by atoms with Crippen LogP contribution in [0.1, 0.15) is 25.7 Å². The van der Waals surface area contributed by atoms with Gasteiger partial charge in [0.25, 0.3) is 0 Å². The smallest absolute Gasteiger partial charge is 0.330 e. The lowest BCUT2D eigenvalue weighted by atomic mass is 10.1. The summed E-state index contributed by atoms with van der Waals surface area (Å²) in [6.07, 6.45) is 5.70. The second-order valence-corrected chi connectivity index (χ2v) is 6.05. The Balaban J connectivity index is 2.50. The lowest BCUT2D eigenvalue weighted by molar-refractivity contribution is -0.134. The molecule has 1 heterocycles. The third-order valence-corrected chi connectivity index (χ3v) is 4.87. The van der Waals surface area contributed by atoms with Gasteiger partial charge in [0.2, 0.25) is 0 Å². The Morgan fingerprint density at radius 2 is 2.20 bits per heavy atom. The molecule has 0 amide bonds. The topological polar surface area (TPSA) is 60.4 Å². The van der Waals surface area contributed by atoms with Crippen LogP contribution in [0.4, 0.5) is 0 Å². The van der Waals surface area contributed by atoms with Crippen molar-refractivity contribution in [3.8, 4) is 0 Å². The first-order valence-electron chi connectivity index (χ1n) is 5.02. The Bertz CT molecular complexity index is 342. The zero-order valence-corrected chi connectivity index (χ0v) is 9.63. The average Bonchev–Trinajstić information content (AvgIpc) is 2.20. The SMILES string of the molecule is COC(=O)/C=C\CC1CCCCS1(=O)=O. The molecule has 1 saturated heterocycles. The number of methoxy groups -OCH3 is 1. The van der Waals surface area contributed by atoms with E-state index in [1.54, 1.807) is 6.08 Å². The van der Waals surface area contributed by atoms with E-state index in [1.807, 2.05) is 0 Å². The average molecular weight is 232 g/mol. The van der Waals surface area contributed by atoms with E-state index in [9.17, 15) is 13.2 Å².